The molecule has 27 heavy (non-hydrogen) atoms. The fourth-order valence-corrected chi connectivity index (χ4v) is 5.88. The summed E-state index contributed by atoms with van der Waals surface area (Å²) in [4.78, 5) is 13.1. The molecule has 7 heteroatoms. The Hall–Kier alpha value is -1.96. The molecule has 1 aliphatic rings. The van der Waals surface area contributed by atoms with Gasteiger partial charge in [-0.25, -0.2) is 12.7 Å². The summed E-state index contributed by atoms with van der Waals surface area (Å²) in [6.07, 6.45) is 0. The first-order valence-electron chi connectivity index (χ1n) is 8.32. The Kier molecular flexibility index (Phi) is 4.70. The van der Waals surface area contributed by atoms with E-state index in [0.717, 1.165) is 25.5 Å². The van der Waals surface area contributed by atoms with Crippen LogP contribution < -0.4 is 0 Å². The molecule has 0 bridgehead atoms. The van der Waals surface area contributed by atoms with Gasteiger partial charge in [0.1, 0.15) is 0 Å². The number of hydrogen-bond acceptors (Lipinski definition) is 4. The molecule has 0 radical (unpaired) electrons. The monoisotopic (exact) mass is 461 g/mol. The molecule has 2 heterocycles. The third kappa shape index (κ3) is 3.13. The molecule has 2 aromatic carbocycles. The lowest BCUT2D eigenvalue weighted by molar-refractivity contribution is -0.141. The number of nitrogens with zero attached hydrogens (tertiary/aromatic N) is 1. The van der Waals surface area contributed by atoms with Crippen molar-refractivity contribution in [3.8, 4) is 0 Å². The van der Waals surface area contributed by atoms with Crippen LogP contribution in [0.4, 0.5) is 0 Å². The largest absolute Gasteiger partial charge is 0.273 e. The molecule has 0 spiro atoms. The van der Waals surface area contributed by atoms with Gasteiger partial charge in [0.2, 0.25) is 5.91 Å². The lowest BCUT2D eigenvalue weighted by atomic mass is 9.81. The van der Waals surface area contributed by atoms with Crippen LogP contribution in [0.2, 0.25) is 0 Å². The van der Waals surface area contributed by atoms with E-state index in [9.17, 15) is 13.2 Å². The number of sulfonamides is 1. The number of aryl methyl sites for hydroxylation is 1. The SMILES string of the molecule is Cc1ccc(S(=O)(=O)N2C(=O)[C@@H](c3ccsc3)[C@@H]2c2ccc(Br)cc2)cc1. The summed E-state index contributed by atoms with van der Waals surface area (Å²) in [5, 5.41) is 3.81. The Balaban J connectivity index is 1.80. The summed E-state index contributed by atoms with van der Waals surface area (Å²) < 4.78 is 28.3. The van der Waals surface area contributed by atoms with Gasteiger partial charge in [0.25, 0.3) is 10.0 Å². The number of β-lactam (4-membered cyclic amide) rings is 1. The van der Waals surface area contributed by atoms with Gasteiger partial charge in [-0.2, -0.15) is 11.3 Å². The summed E-state index contributed by atoms with van der Waals surface area (Å²) in [5.74, 6) is -0.875. The van der Waals surface area contributed by atoms with Crippen LogP contribution in [-0.2, 0) is 14.8 Å². The predicted octanol–water partition coefficient (Wildman–Crippen LogP) is 4.88. The van der Waals surface area contributed by atoms with E-state index in [0.29, 0.717) is 0 Å². The predicted molar refractivity (Wildman–Crippen MR) is 109 cm³/mol. The van der Waals surface area contributed by atoms with Crippen molar-refractivity contribution in [3.05, 3.63) is 86.5 Å². The zero-order valence-electron chi connectivity index (χ0n) is 14.4. The zero-order chi connectivity index (χ0) is 19.2. The van der Waals surface area contributed by atoms with Gasteiger partial charge in [-0.05, 0) is 59.1 Å². The Bertz CT molecular complexity index is 1080. The molecule has 1 aromatic heterocycles. The number of halogens is 1. The molecule has 2 atom stereocenters. The molecule has 1 aliphatic heterocycles. The second-order valence-electron chi connectivity index (χ2n) is 6.48. The second kappa shape index (κ2) is 6.89. The molecule has 0 saturated carbocycles. The summed E-state index contributed by atoms with van der Waals surface area (Å²) in [5.41, 5.74) is 2.61. The Morgan fingerprint density at radius 2 is 1.63 bits per heavy atom. The fraction of sp³-hybridized carbons (Fsp3) is 0.150. The average Bonchev–Trinajstić information content (AvgIpc) is 3.14. The van der Waals surface area contributed by atoms with Crippen LogP contribution in [0, 0.1) is 6.92 Å². The van der Waals surface area contributed by atoms with Crippen LogP contribution in [0.1, 0.15) is 28.7 Å². The lowest BCUT2D eigenvalue weighted by Crippen LogP contribution is -2.55. The molecular weight excluding hydrogens is 446 g/mol. The number of carbonyl (C=O) groups excluding carboxylic acids is 1. The maximum Gasteiger partial charge on any atom is 0.267 e. The zero-order valence-corrected chi connectivity index (χ0v) is 17.6. The number of benzene rings is 2. The molecule has 1 saturated heterocycles. The fourth-order valence-electron chi connectivity index (χ4n) is 3.32. The molecular formula is C20H16BrNO3S2. The number of rotatable bonds is 4. The van der Waals surface area contributed by atoms with Crippen molar-refractivity contribution in [3.63, 3.8) is 0 Å². The third-order valence-electron chi connectivity index (χ3n) is 4.74. The van der Waals surface area contributed by atoms with E-state index in [1.54, 1.807) is 24.3 Å². The van der Waals surface area contributed by atoms with Crippen LogP contribution in [-0.4, -0.2) is 18.6 Å². The smallest absolute Gasteiger partial charge is 0.267 e. The maximum absolute atomic E-state index is 13.2. The topological polar surface area (TPSA) is 54.5 Å². The molecule has 3 aromatic rings. The first-order chi connectivity index (χ1) is 12.9. The average molecular weight is 462 g/mol. The van der Waals surface area contributed by atoms with E-state index in [2.05, 4.69) is 15.9 Å². The van der Waals surface area contributed by atoms with Crippen molar-refractivity contribution in [2.45, 2.75) is 23.8 Å². The quantitative estimate of drug-likeness (QED) is 0.520. The highest BCUT2D eigenvalue weighted by Crippen LogP contribution is 2.49. The minimum Gasteiger partial charge on any atom is -0.273 e. The van der Waals surface area contributed by atoms with Gasteiger partial charge in [-0.1, -0.05) is 45.8 Å². The van der Waals surface area contributed by atoms with E-state index in [-0.39, 0.29) is 10.8 Å². The lowest BCUT2D eigenvalue weighted by Gasteiger charge is -2.46. The van der Waals surface area contributed by atoms with E-state index < -0.39 is 22.0 Å². The molecule has 1 fully saturated rings. The van der Waals surface area contributed by atoms with Crippen molar-refractivity contribution in [2.24, 2.45) is 0 Å². The van der Waals surface area contributed by atoms with Crippen LogP contribution in [0.3, 0.4) is 0 Å². The highest BCUT2D eigenvalue weighted by atomic mass is 79.9. The minimum atomic E-state index is -3.92. The Labute approximate surface area is 170 Å². The van der Waals surface area contributed by atoms with Crippen molar-refractivity contribution in [2.75, 3.05) is 0 Å². The van der Waals surface area contributed by atoms with E-state index in [4.69, 9.17) is 0 Å². The Morgan fingerprint density at radius 3 is 2.22 bits per heavy atom. The number of hydrogen-bond donors (Lipinski definition) is 0. The van der Waals surface area contributed by atoms with Crippen LogP contribution in [0.5, 0.6) is 0 Å². The van der Waals surface area contributed by atoms with E-state index >= 15 is 0 Å². The molecule has 0 N–H and O–H groups in total. The minimum absolute atomic E-state index is 0.132. The molecule has 4 rings (SSSR count). The Morgan fingerprint density at radius 1 is 0.963 bits per heavy atom. The van der Waals surface area contributed by atoms with Gasteiger partial charge in [0, 0.05) is 4.47 Å². The highest BCUT2D eigenvalue weighted by molar-refractivity contribution is 9.10. The van der Waals surface area contributed by atoms with Gasteiger partial charge in [0.15, 0.2) is 0 Å². The van der Waals surface area contributed by atoms with Gasteiger partial charge in [-0.3, -0.25) is 4.79 Å². The first kappa shape index (κ1) is 18.4. The van der Waals surface area contributed by atoms with Crippen molar-refractivity contribution < 1.29 is 13.2 Å². The third-order valence-corrected chi connectivity index (χ3v) is 7.77. The van der Waals surface area contributed by atoms with Crippen LogP contribution >= 0.6 is 27.3 Å². The summed E-state index contributed by atoms with van der Waals surface area (Å²) in [7, 11) is -3.92. The molecule has 1 amide bonds. The highest BCUT2D eigenvalue weighted by Gasteiger charge is 2.55. The molecule has 0 unspecified atom stereocenters. The number of amides is 1. The first-order valence-corrected chi connectivity index (χ1v) is 11.5. The van der Waals surface area contributed by atoms with Crippen molar-refractivity contribution >= 4 is 43.2 Å². The van der Waals surface area contributed by atoms with E-state index in [1.165, 1.54) is 11.3 Å². The van der Waals surface area contributed by atoms with Gasteiger partial charge < -0.3 is 0 Å². The van der Waals surface area contributed by atoms with Crippen LogP contribution in [0.15, 0.2) is 74.7 Å². The summed E-state index contributed by atoms with van der Waals surface area (Å²) >= 11 is 4.90. The summed E-state index contributed by atoms with van der Waals surface area (Å²) in [6, 6.07) is 15.4. The van der Waals surface area contributed by atoms with Crippen molar-refractivity contribution in [1.82, 2.24) is 4.31 Å². The normalized spacial score (nSPS) is 19.8. The number of carbonyl (C=O) groups is 1. The van der Waals surface area contributed by atoms with Crippen LogP contribution in [0.25, 0.3) is 0 Å². The molecule has 0 aliphatic carbocycles. The second-order valence-corrected chi connectivity index (χ2v) is 9.99. The van der Waals surface area contributed by atoms with Gasteiger partial charge >= 0.3 is 0 Å². The molecule has 4 nitrogen and oxygen atoms in total. The standard InChI is InChI=1S/C20H16BrNO3S2/c1-13-2-8-17(9-3-13)27(24,25)22-19(14-4-6-16(21)7-5-14)18(20(22)23)15-10-11-26-12-15/h2-12,18-19H,1H3/t18-,19-/m0/s1. The maximum atomic E-state index is 13.2. The van der Waals surface area contributed by atoms with Gasteiger partial charge in [-0.15, -0.1) is 0 Å². The molecule has 138 valence electrons. The van der Waals surface area contributed by atoms with E-state index in [1.807, 2.05) is 48.0 Å². The van der Waals surface area contributed by atoms with Crippen molar-refractivity contribution in [1.29, 1.82) is 0 Å². The van der Waals surface area contributed by atoms with Gasteiger partial charge in [0.05, 0.1) is 16.9 Å². The summed E-state index contributed by atoms with van der Waals surface area (Å²) in [6.45, 7) is 1.89. The number of thiophene rings is 1.